The summed E-state index contributed by atoms with van der Waals surface area (Å²) in [5.74, 6) is -4.02. The minimum atomic E-state index is -0.820. The van der Waals surface area contributed by atoms with Gasteiger partial charge in [0.05, 0.1) is 5.56 Å². The zero-order valence-electron chi connectivity index (χ0n) is 20.6. The molecule has 2 heterocycles. The van der Waals surface area contributed by atoms with Crippen LogP contribution in [-0.4, -0.2) is 35.7 Å². The molecule has 0 saturated heterocycles. The molecule has 11 heteroatoms. The van der Waals surface area contributed by atoms with Gasteiger partial charge in [-0.3, -0.25) is 9.59 Å². The van der Waals surface area contributed by atoms with Crippen LogP contribution in [0.3, 0.4) is 0 Å². The van der Waals surface area contributed by atoms with E-state index >= 15 is 0 Å². The third-order valence-electron chi connectivity index (χ3n) is 6.59. The minimum absolute atomic E-state index is 0.00519. The standard InChI is InChI=1S/C30H18O11/c31-13-3-1-12(2-4-13)21-9-19(36)27-24(40-21)11-20(37)28(30(27)39)25-15(5-6-16(33)29(25)38)22-10-18(35)26-17(34)7-14(32)8-23(26)41-22/h1-11,31-34,37-39H. The van der Waals surface area contributed by atoms with Crippen molar-refractivity contribution in [3.63, 3.8) is 0 Å². The molecule has 6 rings (SSSR count). The summed E-state index contributed by atoms with van der Waals surface area (Å²) < 4.78 is 11.5. The fourth-order valence-electron chi connectivity index (χ4n) is 4.73. The summed E-state index contributed by atoms with van der Waals surface area (Å²) in [4.78, 5) is 26.0. The normalized spacial score (nSPS) is 11.3. The topological polar surface area (TPSA) is 202 Å². The van der Waals surface area contributed by atoms with Gasteiger partial charge in [0.15, 0.2) is 22.4 Å². The Hall–Kier alpha value is -6.10. The van der Waals surface area contributed by atoms with Crippen molar-refractivity contribution in [3.8, 4) is 74.0 Å². The third-order valence-corrected chi connectivity index (χ3v) is 6.59. The monoisotopic (exact) mass is 554 g/mol. The van der Waals surface area contributed by atoms with E-state index in [9.17, 15) is 45.3 Å². The lowest BCUT2D eigenvalue weighted by Gasteiger charge is -2.16. The lowest BCUT2D eigenvalue weighted by atomic mass is 9.93. The predicted molar refractivity (Wildman–Crippen MR) is 146 cm³/mol. The maximum atomic E-state index is 13.1. The molecule has 0 saturated carbocycles. The third kappa shape index (κ3) is 4.00. The summed E-state index contributed by atoms with van der Waals surface area (Å²) in [6, 6.07) is 13.2. The molecule has 0 unspecified atom stereocenters. The molecule has 11 nitrogen and oxygen atoms in total. The first-order valence-electron chi connectivity index (χ1n) is 11.9. The molecule has 6 aromatic rings. The van der Waals surface area contributed by atoms with E-state index in [2.05, 4.69) is 0 Å². The molecule has 0 aliphatic rings. The van der Waals surface area contributed by atoms with Gasteiger partial charge < -0.3 is 44.6 Å². The quantitative estimate of drug-likeness (QED) is 0.148. The number of benzene rings is 4. The number of phenols is 7. The Balaban J connectivity index is 1.63. The van der Waals surface area contributed by atoms with Crippen molar-refractivity contribution in [3.05, 3.63) is 87.2 Å². The van der Waals surface area contributed by atoms with Crippen LogP contribution in [-0.2, 0) is 0 Å². The zero-order chi connectivity index (χ0) is 29.2. The second-order valence-corrected chi connectivity index (χ2v) is 9.18. The van der Waals surface area contributed by atoms with E-state index < -0.39 is 56.5 Å². The maximum absolute atomic E-state index is 13.1. The lowest BCUT2D eigenvalue weighted by Crippen LogP contribution is -2.03. The predicted octanol–water partition coefficient (Wildman–Crippen LogP) is 4.84. The molecule has 204 valence electrons. The van der Waals surface area contributed by atoms with E-state index in [1.807, 2.05) is 0 Å². The van der Waals surface area contributed by atoms with Crippen molar-refractivity contribution in [1.29, 1.82) is 0 Å². The van der Waals surface area contributed by atoms with Gasteiger partial charge in [0.2, 0.25) is 0 Å². The second kappa shape index (κ2) is 8.99. The van der Waals surface area contributed by atoms with Gasteiger partial charge in [-0.2, -0.15) is 0 Å². The summed E-state index contributed by atoms with van der Waals surface area (Å²) in [5.41, 5.74) is -2.38. The molecule has 2 aromatic heterocycles. The zero-order valence-corrected chi connectivity index (χ0v) is 20.6. The molecule has 0 spiro atoms. The molecule has 0 aliphatic carbocycles. The number of rotatable bonds is 3. The van der Waals surface area contributed by atoms with Crippen LogP contribution in [0, 0.1) is 0 Å². The number of hydrogen-bond acceptors (Lipinski definition) is 11. The number of phenolic OH excluding ortho intramolecular Hbond substituents is 7. The molecule has 0 fully saturated rings. The molecule has 4 aromatic carbocycles. The number of fused-ring (bicyclic) bond motifs is 2. The van der Waals surface area contributed by atoms with E-state index in [0.29, 0.717) is 5.56 Å². The molecule has 0 atom stereocenters. The van der Waals surface area contributed by atoms with Crippen LogP contribution in [0.1, 0.15) is 0 Å². The fraction of sp³-hybridized carbons (Fsp3) is 0. The van der Waals surface area contributed by atoms with Gasteiger partial charge in [0.1, 0.15) is 62.2 Å². The first-order chi connectivity index (χ1) is 19.5. The molecule has 41 heavy (non-hydrogen) atoms. The first kappa shape index (κ1) is 25.2. The highest BCUT2D eigenvalue weighted by Crippen LogP contribution is 2.51. The average Bonchev–Trinajstić information content (AvgIpc) is 2.90. The van der Waals surface area contributed by atoms with Crippen molar-refractivity contribution in [2.24, 2.45) is 0 Å². The summed E-state index contributed by atoms with van der Waals surface area (Å²) in [7, 11) is 0. The van der Waals surface area contributed by atoms with Crippen LogP contribution in [0.4, 0.5) is 0 Å². The van der Waals surface area contributed by atoms with Gasteiger partial charge in [-0.25, -0.2) is 0 Å². The lowest BCUT2D eigenvalue weighted by molar-refractivity contribution is 0.404. The Kier molecular flexibility index (Phi) is 5.52. The van der Waals surface area contributed by atoms with Crippen molar-refractivity contribution in [2.45, 2.75) is 0 Å². The van der Waals surface area contributed by atoms with Crippen molar-refractivity contribution < 1.29 is 44.6 Å². The molecule has 0 bridgehead atoms. The molecular weight excluding hydrogens is 536 g/mol. The van der Waals surface area contributed by atoms with E-state index in [1.165, 1.54) is 30.3 Å². The van der Waals surface area contributed by atoms with Crippen LogP contribution in [0.2, 0.25) is 0 Å². The first-order valence-corrected chi connectivity index (χ1v) is 11.9. The van der Waals surface area contributed by atoms with E-state index in [-0.39, 0.29) is 44.8 Å². The summed E-state index contributed by atoms with van der Waals surface area (Å²) in [5, 5.41) is 72.3. The van der Waals surface area contributed by atoms with Gasteiger partial charge in [-0.15, -0.1) is 0 Å². The molecule has 0 aliphatic heterocycles. The van der Waals surface area contributed by atoms with Crippen LogP contribution < -0.4 is 10.9 Å². The fourth-order valence-corrected chi connectivity index (χ4v) is 4.73. The average molecular weight is 554 g/mol. The van der Waals surface area contributed by atoms with Gasteiger partial charge in [0, 0.05) is 47.0 Å². The smallest absolute Gasteiger partial charge is 0.197 e. The van der Waals surface area contributed by atoms with E-state index in [0.717, 1.165) is 36.4 Å². The maximum Gasteiger partial charge on any atom is 0.197 e. The Labute approximate surface area is 227 Å². The van der Waals surface area contributed by atoms with Gasteiger partial charge in [-0.1, -0.05) is 0 Å². The Morgan fingerprint density at radius 1 is 0.488 bits per heavy atom. The minimum Gasteiger partial charge on any atom is -0.508 e. The van der Waals surface area contributed by atoms with Crippen LogP contribution in [0.25, 0.3) is 55.7 Å². The summed E-state index contributed by atoms with van der Waals surface area (Å²) >= 11 is 0. The second-order valence-electron chi connectivity index (χ2n) is 9.18. The number of aromatic hydroxyl groups is 7. The SMILES string of the molecule is O=c1cc(-c2ccc(O)c(O)c2-c2c(O)cc3oc(-c4ccc(O)cc4)cc(=O)c3c2O)oc2cc(O)cc(O)c12. The Morgan fingerprint density at radius 2 is 1.12 bits per heavy atom. The van der Waals surface area contributed by atoms with E-state index in [4.69, 9.17) is 8.83 Å². The Morgan fingerprint density at radius 3 is 1.85 bits per heavy atom. The summed E-state index contributed by atoms with van der Waals surface area (Å²) in [6.45, 7) is 0. The van der Waals surface area contributed by atoms with Crippen molar-refractivity contribution in [2.75, 3.05) is 0 Å². The van der Waals surface area contributed by atoms with Crippen LogP contribution >= 0.6 is 0 Å². The number of hydrogen-bond donors (Lipinski definition) is 7. The molecular formula is C30H18O11. The largest absolute Gasteiger partial charge is 0.508 e. The van der Waals surface area contributed by atoms with Crippen molar-refractivity contribution in [1.82, 2.24) is 0 Å². The van der Waals surface area contributed by atoms with Crippen molar-refractivity contribution >= 4 is 21.9 Å². The molecule has 0 radical (unpaired) electrons. The van der Waals surface area contributed by atoms with Crippen LogP contribution in [0.5, 0.6) is 40.2 Å². The highest BCUT2D eigenvalue weighted by atomic mass is 16.3. The van der Waals surface area contributed by atoms with Gasteiger partial charge in [-0.05, 0) is 36.4 Å². The molecule has 0 amide bonds. The highest BCUT2D eigenvalue weighted by molar-refractivity contribution is 6.01. The Bertz CT molecular complexity index is 2160. The highest BCUT2D eigenvalue weighted by Gasteiger charge is 2.27. The van der Waals surface area contributed by atoms with Crippen LogP contribution in [0.15, 0.2) is 85.2 Å². The summed E-state index contributed by atoms with van der Waals surface area (Å²) in [6.07, 6.45) is 0. The van der Waals surface area contributed by atoms with Gasteiger partial charge >= 0.3 is 0 Å². The van der Waals surface area contributed by atoms with Gasteiger partial charge in [0.25, 0.3) is 0 Å². The molecule has 7 N–H and O–H groups in total. The van der Waals surface area contributed by atoms with E-state index in [1.54, 1.807) is 0 Å².